The summed E-state index contributed by atoms with van der Waals surface area (Å²) in [6, 6.07) is 8.05. The van der Waals surface area contributed by atoms with Crippen LogP contribution in [0.3, 0.4) is 0 Å². The number of rotatable bonds is 7. The van der Waals surface area contributed by atoms with Crippen molar-refractivity contribution in [3.63, 3.8) is 0 Å². The predicted molar refractivity (Wildman–Crippen MR) is 94.8 cm³/mol. The van der Waals surface area contributed by atoms with Gasteiger partial charge in [-0.15, -0.1) is 0 Å². The molecule has 4 heteroatoms. The zero-order valence-electron chi connectivity index (χ0n) is 14.1. The lowest BCUT2D eigenvalue weighted by Crippen LogP contribution is -2.24. The Hall–Kier alpha value is -1.81. The molecule has 0 unspecified atom stereocenters. The summed E-state index contributed by atoms with van der Waals surface area (Å²) in [7, 11) is 1.98. The van der Waals surface area contributed by atoms with Gasteiger partial charge in [-0.05, 0) is 51.4 Å². The van der Waals surface area contributed by atoms with Crippen LogP contribution in [0.2, 0.25) is 0 Å². The highest BCUT2D eigenvalue weighted by atomic mass is 16.1. The Morgan fingerprint density at radius 1 is 1.13 bits per heavy atom. The first kappa shape index (κ1) is 16.1. The molecule has 0 radical (unpaired) electrons. The van der Waals surface area contributed by atoms with Crippen LogP contribution in [0.25, 0.3) is 10.9 Å². The SMILES string of the molecule is Cn1cc(C(=O)NCCCCCN2CCCC2)c2ccccc21. The Kier molecular flexibility index (Phi) is 5.34. The largest absolute Gasteiger partial charge is 0.352 e. The summed E-state index contributed by atoms with van der Waals surface area (Å²) in [6.45, 7) is 4.54. The number of carbonyl (C=O) groups is 1. The molecule has 1 N–H and O–H groups in total. The van der Waals surface area contributed by atoms with Gasteiger partial charge in [0.25, 0.3) is 5.91 Å². The highest BCUT2D eigenvalue weighted by molar-refractivity contribution is 6.06. The molecule has 1 fully saturated rings. The number of nitrogens with zero attached hydrogens (tertiary/aromatic N) is 2. The maximum atomic E-state index is 12.4. The number of unbranched alkanes of at least 4 members (excludes halogenated alkanes) is 2. The van der Waals surface area contributed by atoms with E-state index in [0.29, 0.717) is 0 Å². The molecule has 3 rings (SSSR count). The van der Waals surface area contributed by atoms with E-state index in [1.54, 1.807) is 0 Å². The number of hydrogen-bond acceptors (Lipinski definition) is 2. The highest BCUT2D eigenvalue weighted by Crippen LogP contribution is 2.20. The van der Waals surface area contributed by atoms with E-state index in [4.69, 9.17) is 0 Å². The number of aryl methyl sites for hydroxylation is 1. The average molecular weight is 313 g/mol. The molecule has 23 heavy (non-hydrogen) atoms. The van der Waals surface area contributed by atoms with E-state index in [9.17, 15) is 4.79 Å². The first-order valence-electron chi connectivity index (χ1n) is 8.80. The second-order valence-corrected chi connectivity index (χ2v) is 6.54. The monoisotopic (exact) mass is 313 g/mol. The molecular formula is C19H27N3O. The van der Waals surface area contributed by atoms with Gasteiger partial charge in [-0.2, -0.15) is 0 Å². The fraction of sp³-hybridized carbons (Fsp3) is 0.526. The van der Waals surface area contributed by atoms with Crippen molar-refractivity contribution in [2.45, 2.75) is 32.1 Å². The van der Waals surface area contributed by atoms with E-state index in [1.165, 1.54) is 45.3 Å². The van der Waals surface area contributed by atoms with Crippen LogP contribution >= 0.6 is 0 Å². The number of aromatic nitrogens is 1. The van der Waals surface area contributed by atoms with Gasteiger partial charge in [0, 0.05) is 30.7 Å². The summed E-state index contributed by atoms with van der Waals surface area (Å²) in [4.78, 5) is 14.9. The fourth-order valence-corrected chi connectivity index (χ4v) is 3.46. The summed E-state index contributed by atoms with van der Waals surface area (Å²) in [5, 5.41) is 4.10. The van der Waals surface area contributed by atoms with Gasteiger partial charge in [0.1, 0.15) is 0 Å². The summed E-state index contributed by atoms with van der Waals surface area (Å²) < 4.78 is 2.01. The number of benzene rings is 1. The summed E-state index contributed by atoms with van der Waals surface area (Å²) in [5.74, 6) is 0.0429. The van der Waals surface area contributed by atoms with Gasteiger partial charge in [0.2, 0.25) is 0 Å². The van der Waals surface area contributed by atoms with Gasteiger partial charge < -0.3 is 14.8 Å². The zero-order chi connectivity index (χ0) is 16.1. The van der Waals surface area contributed by atoms with Crippen LogP contribution in [0.4, 0.5) is 0 Å². The molecule has 1 aliphatic rings. The number of hydrogen-bond donors (Lipinski definition) is 1. The molecule has 1 aliphatic heterocycles. The molecule has 4 nitrogen and oxygen atoms in total. The Bertz CT molecular complexity index is 656. The Morgan fingerprint density at radius 3 is 2.74 bits per heavy atom. The highest BCUT2D eigenvalue weighted by Gasteiger charge is 2.13. The molecule has 2 aromatic rings. The molecule has 0 bridgehead atoms. The van der Waals surface area contributed by atoms with E-state index in [-0.39, 0.29) is 5.91 Å². The average Bonchev–Trinajstić information content (AvgIpc) is 3.19. The van der Waals surface area contributed by atoms with Crippen LogP contribution in [-0.2, 0) is 7.05 Å². The first-order chi connectivity index (χ1) is 11.3. The van der Waals surface area contributed by atoms with E-state index in [1.807, 2.05) is 42.1 Å². The lowest BCUT2D eigenvalue weighted by Gasteiger charge is -2.13. The quantitative estimate of drug-likeness (QED) is 0.797. The number of fused-ring (bicyclic) bond motifs is 1. The predicted octanol–water partition coefficient (Wildman–Crippen LogP) is 3.17. The number of para-hydroxylation sites is 1. The molecule has 1 aromatic carbocycles. The third-order valence-electron chi connectivity index (χ3n) is 4.78. The molecule has 1 saturated heterocycles. The minimum Gasteiger partial charge on any atom is -0.352 e. The molecule has 124 valence electrons. The van der Waals surface area contributed by atoms with Crippen molar-refractivity contribution >= 4 is 16.8 Å². The maximum absolute atomic E-state index is 12.4. The zero-order valence-corrected chi connectivity index (χ0v) is 14.1. The standard InChI is InChI=1S/C19H27N3O/c1-21-15-17(16-9-3-4-10-18(16)21)19(23)20-11-5-2-6-12-22-13-7-8-14-22/h3-4,9-10,15H,2,5-8,11-14H2,1H3,(H,20,23). The second-order valence-electron chi connectivity index (χ2n) is 6.54. The number of likely N-dealkylation sites (tertiary alicyclic amines) is 1. The molecular weight excluding hydrogens is 286 g/mol. The summed E-state index contributed by atoms with van der Waals surface area (Å²) in [6.07, 6.45) is 8.14. The van der Waals surface area contributed by atoms with Crippen molar-refractivity contribution in [1.29, 1.82) is 0 Å². The van der Waals surface area contributed by atoms with Crippen LogP contribution in [-0.4, -0.2) is 41.6 Å². The smallest absolute Gasteiger partial charge is 0.253 e. The summed E-state index contributed by atoms with van der Waals surface area (Å²) in [5.41, 5.74) is 1.88. The molecule has 0 saturated carbocycles. The normalized spacial score (nSPS) is 15.3. The van der Waals surface area contributed by atoms with Gasteiger partial charge in [-0.25, -0.2) is 0 Å². The van der Waals surface area contributed by atoms with Crippen LogP contribution in [0.5, 0.6) is 0 Å². The van der Waals surface area contributed by atoms with Crippen molar-refractivity contribution in [1.82, 2.24) is 14.8 Å². The van der Waals surface area contributed by atoms with E-state index >= 15 is 0 Å². The fourth-order valence-electron chi connectivity index (χ4n) is 3.46. The second kappa shape index (κ2) is 7.64. The van der Waals surface area contributed by atoms with Crippen molar-refractivity contribution in [2.75, 3.05) is 26.2 Å². The third-order valence-corrected chi connectivity index (χ3v) is 4.78. The molecule has 1 aromatic heterocycles. The van der Waals surface area contributed by atoms with Gasteiger partial charge in [-0.1, -0.05) is 24.6 Å². The first-order valence-corrected chi connectivity index (χ1v) is 8.80. The van der Waals surface area contributed by atoms with E-state index < -0.39 is 0 Å². The Morgan fingerprint density at radius 2 is 1.91 bits per heavy atom. The third kappa shape index (κ3) is 3.94. The number of nitrogens with one attached hydrogen (secondary N) is 1. The molecule has 0 atom stereocenters. The van der Waals surface area contributed by atoms with Gasteiger partial charge in [0.15, 0.2) is 0 Å². The maximum Gasteiger partial charge on any atom is 0.253 e. The molecule has 2 heterocycles. The Labute approximate surface area is 138 Å². The molecule has 0 aliphatic carbocycles. The van der Waals surface area contributed by atoms with Gasteiger partial charge in [0.05, 0.1) is 5.56 Å². The van der Waals surface area contributed by atoms with E-state index in [2.05, 4.69) is 10.2 Å². The lowest BCUT2D eigenvalue weighted by atomic mass is 10.1. The van der Waals surface area contributed by atoms with Crippen molar-refractivity contribution in [2.24, 2.45) is 7.05 Å². The minimum absolute atomic E-state index is 0.0429. The van der Waals surface area contributed by atoms with Gasteiger partial charge in [-0.3, -0.25) is 4.79 Å². The van der Waals surface area contributed by atoms with Crippen LogP contribution in [0, 0.1) is 0 Å². The topological polar surface area (TPSA) is 37.3 Å². The van der Waals surface area contributed by atoms with Gasteiger partial charge >= 0.3 is 0 Å². The lowest BCUT2D eigenvalue weighted by molar-refractivity contribution is 0.0954. The number of carbonyl (C=O) groups excluding carboxylic acids is 1. The Balaban J connectivity index is 1.42. The van der Waals surface area contributed by atoms with E-state index in [0.717, 1.165) is 29.4 Å². The van der Waals surface area contributed by atoms with Crippen LogP contribution in [0.15, 0.2) is 30.5 Å². The van der Waals surface area contributed by atoms with Crippen LogP contribution in [0.1, 0.15) is 42.5 Å². The van der Waals surface area contributed by atoms with Crippen LogP contribution < -0.4 is 5.32 Å². The number of amides is 1. The van der Waals surface area contributed by atoms with Crippen molar-refractivity contribution in [3.05, 3.63) is 36.0 Å². The van der Waals surface area contributed by atoms with Crippen molar-refractivity contribution in [3.8, 4) is 0 Å². The molecule has 0 spiro atoms. The summed E-state index contributed by atoms with van der Waals surface area (Å²) >= 11 is 0. The minimum atomic E-state index is 0.0429. The van der Waals surface area contributed by atoms with Crippen molar-refractivity contribution < 1.29 is 4.79 Å². The molecule has 1 amide bonds.